The maximum absolute atomic E-state index is 10.7. The van der Waals surface area contributed by atoms with Crippen LogP contribution in [0.4, 0.5) is 5.69 Å². The van der Waals surface area contributed by atoms with Crippen LogP contribution in [0.2, 0.25) is 5.28 Å². The lowest BCUT2D eigenvalue weighted by atomic mass is 10.5. The van der Waals surface area contributed by atoms with E-state index in [0.29, 0.717) is 4.47 Å². The Bertz CT molecular complexity index is 557. The first kappa shape index (κ1) is 11.0. The lowest BCUT2D eigenvalue weighted by Gasteiger charge is -2.00. The Balaban J connectivity index is 2.62. The Morgan fingerprint density at radius 1 is 1.50 bits per heavy atom. The van der Waals surface area contributed by atoms with Gasteiger partial charge in [0.1, 0.15) is 6.20 Å². The fraction of sp³-hybridized carbons (Fsp3) is 0. The third-order valence-corrected chi connectivity index (χ3v) is 2.28. The molecule has 2 aromatic heterocycles. The van der Waals surface area contributed by atoms with Crippen LogP contribution >= 0.6 is 27.5 Å². The summed E-state index contributed by atoms with van der Waals surface area (Å²) in [4.78, 5) is 17.5. The predicted molar refractivity (Wildman–Crippen MR) is 58.5 cm³/mol. The van der Waals surface area contributed by atoms with Crippen molar-refractivity contribution in [3.63, 3.8) is 0 Å². The third-order valence-electron chi connectivity index (χ3n) is 1.69. The fourth-order valence-electron chi connectivity index (χ4n) is 1.06. The van der Waals surface area contributed by atoms with Crippen molar-refractivity contribution in [2.75, 3.05) is 0 Å². The van der Waals surface area contributed by atoms with Crippen LogP contribution in [-0.4, -0.2) is 24.7 Å². The molecule has 0 aliphatic rings. The number of aromatic nitrogens is 4. The molecule has 0 saturated heterocycles. The van der Waals surface area contributed by atoms with E-state index in [2.05, 4.69) is 31.0 Å². The van der Waals surface area contributed by atoms with Gasteiger partial charge in [-0.3, -0.25) is 10.1 Å². The molecular formula is C7H3BrClN5O2. The Hall–Kier alpha value is -1.54. The first-order chi connectivity index (χ1) is 7.58. The monoisotopic (exact) mass is 303 g/mol. The summed E-state index contributed by atoms with van der Waals surface area (Å²) in [5.74, 6) is 0.0238. The summed E-state index contributed by atoms with van der Waals surface area (Å²) in [5.41, 5.74) is -0.264. The van der Waals surface area contributed by atoms with Gasteiger partial charge in [-0.05, 0) is 27.5 Å². The lowest BCUT2D eigenvalue weighted by molar-refractivity contribution is -0.385. The summed E-state index contributed by atoms with van der Waals surface area (Å²) in [7, 11) is 0. The highest BCUT2D eigenvalue weighted by Crippen LogP contribution is 2.21. The van der Waals surface area contributed by atoms with Gasteiger partial charge >= 0.3 is 5.69 Å². The molecule has 0 amide bonds. The summed E-state index contributed by atoms with van der Waals surface area (Å²) in [6.45, 7) is 0. The van der Waals surface area contributed by atoms with Gasteiger partial charge in [0.2, 0.25) is 11.1 Å². The smallest absolute Gasteiger partial charge is 0.258 e. The largest absolute Gasteiger partial charge is 0.331 e. The topological polar surface area (TPSA) is 86.7 Å². The van der Waals surface area contributed by atoms with Crippen molar-refractivity contribution in [1.82, 2.24) is 19.7 Å². The van der Waals surface area contributed by atoms with E-state index in [4.69, 9.17) is 11.6 Å². The van der Waals surface area contributed by atoms with Crippen LogP contribution in [0, 0.1) is 10.1 Å². The predicted octanol–water partition coefficient (Wildman–Crippen LogP) is 1.99. The van der Waals surface area contributed by atoms with Gasteiger partial charge in [-0.1, -0.05) is 0 Å². The van der Waals surface area contributed by atoms with Crippen LogP contribution in [0.5, 0.6) is 0 Å². The molecule has 2 heterocycles. The standard InChI is InChI=1S/C7H3BrClN5O2/c8-4-1-11-13(3-4)6-5(14(15)16)2-10-7(9)12-6/h1-3H. The molecule has 82 valence electrons. The molecule has 0 spiro atoms. The van der Waals surface area contributed by atoms with Crippen LogP contribution in [0.15, 0.2) is 23.1 Å². The van der Waals surface area contributed by atoms with Crippen molar-refractivity contribution >= 4 is 33.2 Å². The minimum absolute atomic E-state index is 0.0238. The number of hydrogen-bond acceptors (Lipinski definition) is 5. The average molecular weight is 304 g/mol. The second-order valence-electron chi connectivity index (χ2n) is 2.71. The van der Waals surface area contributed by atoms with Crippen LogP contribution in [-0.2, 0) is 0 Å². The van der Waals surface area contributed by atoms with E-state index in [9.17, 15) is 10.1 Å². The van der Waals surface area contributed by atoms with E-state index in [1.165, 1.54) is 17.1 Å². The summed E-state index contributed by atoms with van der Waals surface area (Å²) >= 11 is 8.76. The molecule has 0 N–H and O–H groups in total. The second-order valence-corrected chi connectivity index (χ2v) is 3.96. The summed E-state index contributed by atoms with van der Waals surface area (Å²) in [6, 6.07) is 0. The summed E-state index contributed by atoms with van der Waals surface area (Å²) < 4.78 is 1.92. The van der Waals surface area contributed by atoms with Gasteiger partial charge < -0.3 is 0 Å². The summed E-state index contributed by atoms with van der Waals surface area (Å²) in [5, 5.41) is 14.6. The van der Waals surface area contributed by atoms with Gasteiger partial charge in [0.05, 0.1) is 15.6 Å². The van der Waals surface area contributed by atoms with Crippen LogP contribution in [0.3, 0.4) is 0 Å². The quantitative estimate of drug-likeness (QED) is 0.481. The van der Waals surface area contributed by atoms with Gasteiger partial charge in [-0.25, -0.2) is 9.67 Å². The van der Waals surface area contributed by atoms with Crippen molar-refractivity contribution in [2.24, 2.45) is 0 Å². The SMILES string of the molecule is O=[N+]([O-])c1cnc(Cl)nc1-n1cc(Br)cn1. The molecule has 7 nitrogen and oxygen atoms in total. The molecule has 0 atom stereocenters. The van der Waals surface area contributed by atoms with E-state index in [-0.39, 0.29) is 16.8 Å². The fourth-order valence-corrected chi connectivity index (χ4v) is 1.47. The molecule has 0 saturated carbocycles. The lowest BCUT2D eigenvalue weighted by Crippen LogP contribution is -2.04. The Kier molecular flexibility index (Phi) is 2.84. The Labute approximate surface area is 102 Å². The van der Waals surface area contributed by atoms with Gasteiger partial charge in [-0.2, -0.15) is 10.1 Å². The maximum Gasteiger partial charge on any atom is 0.331 e. The van der Waals surface area contributed by atoms with Crippen molar-refractivity contribution in [3.8, 4) is 5.82 Å². The van der Waals surface area contributed by atoms with Gasteiger partial charge in [0.25, 0.3) is 0 Å². The third kappa shape index (κ3) is 2.02. The van der Waals surface area contributed by atoms with Crippen LogP contribution in [0.25, 0.3) is 5.82 Å². The maximum atomic E-state index is 10.7. The van der Waals surface area contributed by atoms with E-state index in [0.717, 1.165) is 6.20 Å². The minimum Gasteiger partial charge on any atom is -0.258 e. The number of hydrogen-bond donors (Lipinski definition) is 0. The molecule has 0 aromatic carbocycles. The van der Waals surface area contributed by atoms with Gasteiger partial charge in [0.15, 0.2) is 0 Å². The number of nitro groups is 1. The molecule has 0 fully saturated rings. The first-order valence-corrected chi connectivity index (χ1v) is 5.12. The minimum atomic E-state index is -0.596. The molecule has 16 heavy (non-hydrogen) atoms. The molecule has 0 unspecified atom stereocenters. The van der Waals surface area contributed by atoms with E-state index in [1.54, 1.807) is 0 Å². The normalized spacial score (nSPS) is 10.4. The molecule has 0 radical (unpaired) electrons. The first-order valence-electron chi connectivity index (χ1n) is 3.95. The van der Waals surface area contributed by atoms with Crippen molar-refractivity contribution in [1.29, 1.82) is 0 Å². The zero-order valence-corrected chi connectivity index (χ0v) is 9.88. The molecule has 0 aliphatic heterocycles. The van der Waals surface area contributed by atoms with Crippen LogP contribution in [0.1, 0.15) is 0 Å². The zero-order valence-electron chi connectivity index (χ0n) is 7.54. The van der Waals surface area contributed by atoms with Crippen molar-refractivity contribution < 1.29 is 4.92 Å². The molecule has 0 bridgehead atoms. The summed E-state index contributed by atoms with van der Waals surface area (Å²) in [6.07, 6.45) is 4.06. The van der Waals surface area contributed by atoms with Crippen molar-refractivity contribution in [3.05, 3.63) is 38.5 Å². The molecule has 9 heteroatoms. The number of halogens is 2. The van der Waals surface area contributed by atoms with Crippen LogP contribution < -0.4 is 0 Å². The zero-order chi connectivity index (χ0) is 11.7. The number of nitrogens with zero attached hydrogens (tertiary/aromatic N) is 5. The van der Waals surface area contributed by atoms with Gasteiger partial charge in [-0.15, -0.1) is 0 Å². The van der Waals surface area contributed by atoms with E-state index < -0.39 is 4.92 Å². The molecule has 2 rings (SSSR count). The highest BCUT2D eigenvalue weighted by atomic mass is 79.9. The number of rotatable bonds is 2. The molecular weight excluding hydrogens is 301 g/mol. The molecule has 0 aliphatic carbocycles. The Morgan fingerprint density at radius 2 is 2.25 bits per heavy atom. The molecule has 2 aromatic rings. The second kappa shape index (κ2) is 4.14. The van der Waals surface area contributed by atoms with E-state index >= 15 is 0 Å². The van der Waals surface area contributed by atoms with Gasteiger partial charge in [0, 0.05) is 6.20 Å². The highest BCUT2D eigenvalue weighted by Gasteiger charge is 2.19. The van der Waals surface area contributed by atoms with E-state index in [1.807, 2.05) is 0 Å². The Morgan fingerprint density at radius 3 is 2.81 bits per heavy atom. The average Bonchev–Trinajstić information content (AvgIpc) is 2.64. The highest BCUT2D eigenvalue weighted by molar-refractivity contribution is 9.10. The van der Waals surface area contributed by atoms with Crippen molar-refractivity contribution in [2.45, 2.75) is 0 Å².